The number of anilines is 1. The van der Waals surface area contributed by atoms with E-state index in [1.807, 2.05) is 18.2 Å². The average Bonchev–Trinajstić information content (AvgIpc) is 3.34. The first-order valence-electron chi connectivity index (χ1n) is 8.74. The number of aliphatic hydroxyl groups excluding tert-OH is 1. The highest BCUT2D eigenvalue weighted by Gasteiger charge is 2.31. The molecule has 4 rings (SSSR count). The van der Waals surface area contributed by atoms with E-state index >= 15 is 0 Å². The molecule has 0 radical (unpaired) electrons. The van der Waals surface area contributed by atoms with E-state index in [1.165, 1.54) is 0 Å². The summed E-state index contributed by atoms with van der Waals surface area (Å²) in [5, 5.41) is 12.5. The second-order valence-corrected chi connectivity index (χ2v) is 7.00. The van der Waals surface area contributed by atoms with Crippen LogP contribution in [0.5, 0.6) is 0 Å². The number of nitrogens with one attached hydrogen (secondary N) is 1. The molecule has 1 saturated heterocycles. The van der Waals surface area contributed by atoms with Crippen LogP contribution in [-0.4, -0.2) is 40.2 Å². The van der Waals surface area contributed by atoms with Crippen molar-refractivity contribution in [3.63, 3.8) is 0 Å². The van der Waals surface area contributed by atoms with Gasteiger partial charge in [-0.25, -0.2) is 9.78 Å². The quantitative estimate of drug-likeness (QED) is 0.905. The number of urea groups is 1. The van der Waals surface area contributed by atoms with Gasteiger partial charge in [-0.15, -0.1) is 0 Å². The fourth-order valence-electron chi connectivity index (χ4n) is 3.50. The van der Waals surface area contributed by atoms with Gasteiger partial charge in [0, 0.05) is 24.2 Å². The molecule has 1 aromatic carbocycles. The van der Waals surface area contributed by atoms with Crippen LogP contribution in [0.2, 0.25) is 0 Å². The minimum atomic E-state index is -0.165. The summed E-state index contributed by atoms with van der Waals surface area (Å²) in [7, 11) is 0. The van der Waals surface area contributed by atoms with Gasteiger partial charge in [-0.05, 0) is 43.7 Å². The third-order valence-electron chi connectivity index (χ3n) is 5.15. The highest BCUT2D eigenvalue weighted by atomic mass is 16.3. The van der Waals surface area contributed by atoms with Gasteiger partial charge in [-0.1, -0.05) is 6.92 Å². The number of fused-ring (bicyclic) bond motifs is 1. The average molecular weight is 329 g/mol. The summed E-state index contributed by atoms with van der Waals surface area (Å²) >= 11 is 0. The minimum absolute atomic E-state index is 0.000470. The molecule has 2 unspecified atom stereocenters. The van der Waals surface area contributed by atoms with Crippen molar-refractivity contribution < 1.29 is 14.3 Å². The maximum absolute atomic E-state index is 12.6. The molecule has 0 spiro atoms. The zero-order chi connectivity index (χ0) is 16.7. The summed E-state index contributed by atoms with van der Waals surface area (Å²) in [6.07, 6.45) is 4.30. The first-order valence-corrected chi connectivity index (χ1v) is 8.74. The van der Waals surface area contributed by atoms with E-state index in [4.69, 9.17) is 4.42 Å². The van der Waals surface area contributed by atoms with Crippen LogP contribution in [0.4, 0.5) is 10.5 Å². The van der Waals surface area contributed by atoms with E-state index in [0.717, 1.165) is 37.1 Å². The molecule has 6 nitrogen and oxygen atoms in total. The number of carbonyl (C=O) groups excluding carboxylic acids is 1. The van der Waals surface area contributed by atoms with Gasteiger partial charge in [-0.3, -0.25) is 0 Å². The number of carbonyl (C=O) groups is 1. The molecular formula is C18H23N3O3. The van der Waals surface area contributed by atoms with Crippen molar-refractivity contribution in [2.75, 3.05) is 18.5 Å². The van der Waals surface area contributed by atoms with Crippen molar-refractivity contribution in [3.8, 4) is 0 Å². The van der Waals surface area contributed by atoms with Crippen molar-refractivity contribution in [1.82, 2.24) is 9.88 Å². The normalized spacial score (nSPS) is 24.3. The SMILES string of the molecule is CC1CCCN(C(=O)Nc2ccc3nc(C4CC4)oc3c2)C1CO. The first kappa shape index (κ1) is 15.4. The van der Waals surface area contributed by atoms with Crippen LogP contribution in [0.15, 0.2) is 22.6 Å². The van der Waals surface area contributed by atoms with E-state index < -0.39 is 0 Å². The molecule has 1 aliphatic heterocycles. The summed E-state index contributed by atoms with van der Waals surface area (Å²) in [5.74, 6) is 1.58. The standard InChI is InChI=1S/C18H23N3O3/c1-11-3-2-8-21(15(11)10-22)18(23)19-13-6-7-14-16(9-13)24-17(20-14)12-4-5-12/h6-7,9,11-12,15,22H,2-5,8,10H2,1H3,(H,19,23). The number of likely N-dealkylation sites (tertiary alicyclic amines) is 1. The topological polar surface area (TPSA) is 78.6 Å². The zero-order valence-corrected chi connectivity index (χ0v) is 13.9. The number of nitrogens with zero attached hydrogens (tertiary/aromatic N) is 2. The zero-order valence-electron chi connectivity index (χ0n) is 13.9. The van der Waals surface area contributed by atoms with E-state index in [-0.39, 0.29) is 18.7 Å². The molecule has 2 amide bonds. The number of piperidine rings is 1. The van der Waals surface area contributed by atoms with Crippen molar-refractivity contribution in [3.05, 3.63) is 24.1 Å². The van der Waals surface area contributed by atoms with E-state index in [9.17, 15) is 9.90 Å². The Kier molecular flexibility index (Phi) is 3.92. The lowest BCUT2D eigenvalue weighted by atomic mass is 9.91. The minimum Gasteiger partial charge on any atom is -0.440 e. The van der Waals surface area contributed by atoms with Crippen molar-refractivity contribution in [1.29, 1.82) is 0 Å². The molecule has 6 heteroatoms. The van der Waals surface area contributed by atoms with Crippen LogP contribution in [0, 0.1) is 5.92 Å². The number of rotatable bonds is 3. The van der Waals surface area contributed by atoms with Crippen LogP contribution >= 0.6 is 0 Å². The molecule has 2 heterocycles. The van der Waals surface area contributed by atoms with E-state index in [2.05, 4.69) is 17.2 Å². The maximum atomic E-state index is 12.6. The molecule has 0 bridgehead atoms. The van der Waals surface area contributed by atoms with Crippen LogP contribution in [0.1, 0.15) is 44.4 Å². The van der Waals surface area contributed by atoms with Crippen LogP contribution in [-0.2, 0) is 0 Å². The Morgan fingerprint density at radius 1 is 1.42 bits per heavy atom. The van der Waals surface area contributed by atoms with Crippen molar-refractivity contribution in [2.24, 2.45) is 5.92 Å². The Bertz CT molecular complexity index is 753. The largest absolute Gasteiger partial charge is 0.440 e. The predicted octanol–water partition coefficient (Wildman–Crippen LogP) is 3.33. The third-order valence-corrected chi connectivity index (χ3v) is 5.15. The summed E-state index contributed by atoms with van der Waals surface area (Å²) in [6.45, 7) is 2.76. The number of oxazole rings is 1. The summed E-state index contributed by atoms with van der Waals surface area (Å²) in [4.78, 5) is 18.8. The third kappa shape index (κ3) is 2.86. The second kappa shape index (κ2) is 6.09. The number of benzene rings is 1. The summed E-state index contributed by atoms with van der Waals surface area (Å²) in [5.41, 5.74) is 2.23. The molecular weight excluding hydrogens is 306 g/mol. The van der Waals surface area contributed by atoms with Gasteiger partial charge in [0.05, 0.1) is 12.6 Å². The molecule has 2 atom stereocenters. The smallest absolute Gasteiger partial charge is 0.322 e. The van der Waals surface area contributed by atoms with E-state index in [1.54, 1.807) is 4.90 Å². The van der Waals surface area contributed by atoms with E-state index in [0.29, 0.717) is 29.7 Å². The van der Waals surface area contributed by atoms with Crippen LogP contribution in [0.3, 0.4) is 0 Å². The fourth-order valence-corrected chi connectivity index (χ4v) is 3.50. The molecule has 128 valence electrons. The molecule has 1 aliphatic carbocycles. The molecule has 2 fully saturated rings. The molecule has 24 heavy (non-hydrogen) atoms. The van der Waals surface area contributed by atoms with Crippen LogP contribution in [0.25, 0.3) is 11.1 Å². The highest BCUT2D eigenvalue weighted by Crippen LogP contribution is 2.40. The number of amides is 2. The number of hydrogen-bond donors (Lipinski definition) is 2. The fraction of sp³-hybridized carbons (Fsp3) is 0.556. The van der Waals surface area contributed by atoms with Crippen molar-refractivity contribution in [2.45, 2.75) is 44.6 Å². The predicted molar refractivity (Wildman–Crippen MR) is 91.0 cm³/mol. The summed E-state index contributed by atoms with van der Waals surface area (Å²) in [6, 6.07) is 5.27. The van der Waals surface area contributed by atoms with Crippen LogP contribution < -0.4 is 5.32 Å². The van der Waals surface area contributed by atoms with Gasteiger partial charge in [-0.2, -0.15) is 0 Å². The van der Waals surface area contributed by atoms with Gasteiger partial charge < -0.3 is 19.7 Å². The van der Waals surface area contributed by atoms with Gasteiger partial charge in [0.2, 0.25) is 0 Å². The lowest BCUT2D eigenvalue weighted by molar-refractivity contribution is 0.0811. The Balaban J connectivity index is 1.51. The molecule has 1 aromatic heterocycles. The molecule has 1 saturated carbocycles. The summed E-state index contributed by atoms with van der Waals surface area (Å²) < 4.78 is 5.80. The van der Waals surface area contributed by atoms with Gasteiger partial charge in [0.15, 0.2) is 11.5 Å². The number of aromatic nitrogens is 1. The molecule has 2 aliphatic rings. The number of aliphatic hydroxyl groups is 1. The number of hydrogen-bond acceptors (Lipinski definition) is 4. The van der Waals surface area contributed by atoms with Gasteiger partial charge in [0.25, 0.3) is 0 Å². The lowest BCUT2D eigenvalue weighted by Gasteiger charge is -2.38. The second-order valence-electron chi connectivity index (χ2n) is 7.00. The molecule has 2 N–H and O–H groups in total. The Labute approximate surface area is 140 Å². The van der Waals surface area contributed by atoms with Crippen molar-refractivity contribution >= 4 is 22.8 Å². The highest BCUT2D eigenvalue weighted by molar-refractivity contribution is 5.91. The Morgan fingerprint density at radius 2 is 2.25 bits per heavy atom. The Morgan fingerprint density at radius 3 is 3.00 bits per heavy atom. The maximum Gasteiger partial charge on any atom is 0.322 e. The first-order chi connectivity index (χ1) is 11.7. The van der Waals surface area contributed by atoms with Gasteiger partial charge >= 0.3 is 6.03 Å². The lowest BCUT2D eigenvalue weighted by Crippen LogP contribution is -2.51. The van der Waals surface area contributed by atoms with Gasteiger partial charge in [0.1, 0.15) is 5.52 Å². The molecule has 2 aromatic rings. The monoisotopic (exact) mass is 329 g/mol. The Hall–Kier alpha value is -2.08.